The Balaban J connectivity index is 2.00. The average Bonchev–Trinajstić information content (AvgIpc) is 2.38. The van der Waals surface area contributed by atoms with Gasteiger partial charge in [-0.2, -0.15) is 5.10 Å². The molecule has 1 aromatic rings. The molecule has 0 radical (unpaired) electrons. The maximum atomic E-state index is 11.9. The molecule has 1 aromatic carbocycles. The molecule has 1 N–H and O–H groups in total. The molecule has 1 saturated carbocycles. The smallest absolute Gasteiger partial charge is 0.267 e. The highest BCUT2D eigenvalue weighted by Crippen LogP contribution is 2.16. The first-order valence-electron chi connectivity index (χ1n) is 5.87. The quantitative estimate of drug-likeness (QED) is 0.834. The van der Waals surface area contributed by atoms with Crippen molar-refractivity contribution in [3.05, 3.63) is 34.3 Å². The fourth-order valence-electron chi connectivity index (χ4n) is 1.91. The van der Waals surface area contributed by atoms with Gasteiger partial charge in [0.15, 0.2) is 0 Å². The van der Waals surface area contributed by atoms with Gasteiger partial charge >= 0.3 is 0 Å². The van der Waals surface area contributed by atoms with Gasteiger partial charge in [0.2, 0.25) is 0 Å². The van der Waals surface area contributed by atoms with Crippen LogP contribution in [-0.4, -0.2) is 11.6 Å². The largest absolute Gasteiger partial charge is 0.272 e. The Labute approximate surface area is 109 Å². The van der Waals surface area contributed by atoms with Gasteiger partial charge in [-0.15, -0.1) is 0 Å². The lowest BCUT2D eigenvalue weighted by Gasteiger charge is -2.12. The van der Waals surface area contributed by atoms with Crippen molar-refractivity contribution in [3.63, 3.8) is 0 Å². The molecule has 1 aliphatic carbocycles. The van der Waals surface area contributed by atoms with E-state index in [0.717, 1.165) is 23.0 Å². The van der Waals surface area contributed by atoms with Crippen molar-refractivity contribution in [2.24, 2.45) is 5.10 Å². The number of amides is 1. The highest BCUT2D eigenvalue weighted by Gasteiger charge is 2.10. The zero-order valence-electron chi connectivity index (χ0n) is 9.58. The van der Waals surface area contributed by atoms with Gasteiger partial charge in [-0.3, -0.25) is 4.79 Å². The Hall–Kier alpha value is -1.16. The topological polar surface area (TPSA) is 41.5 Å². The first-order valence-corrected chi connectivity index (χ1v) is 6.67. The first kappa shape index (κ1) is 12.3. The summed E-state index contributed by atoms with van der Waals surface area (Å²) in [5.41, 5.74) is 4.35. The molecule has 4 heteroatoms. The summed E-state index contributed by atoms with van der Waals surface area (Å²) in [6, 6.07) is 7.35. The summed E-state index contributed by atoms with van der Waals surface area (Å²) in [7, 11) is 0. The van der Waals surface area contributed by atoms with Gasteiger partial charge in [0.05, 0.1) is 5.56 Å². The van der Waals surface area contributed by atoms with Crippen LogP contribution in [0.2, 0.25) is 0 Å². The van der Waals surface area contributed by atoms with E-state index in [1.807, 2.05) is 18.2 Å². The summed E-state index contributed by atoms with van der Waals surface area (Å²) in [5.74, 6) is -0.157. The Kier molecular flexibility index (Phi) is 4.31. The van der Waals surface area contributed by atoms with E-state index in [9.17, 15) is 4.79 Å². The molecule has 0 atom stereocenters. The highest BCUT2D eigenvalue weighted by atomic mass is 79.9. The summed E-state index contributed by atoms with van der Waals surface area (Å²) >= 11 is 3.35. The van der Waals surface area contributed by atoms with E-state index in [1.165, 1.54) is 19.3 Å². The molecule has 0 unspecified atom stereocenters. The molecular weight excluding hydrogens is 280 g/mol. The Morgan fingerprint density at radius 3 is 2.59 bits per heavy atom. The third-order valence-corrected chi connectivity index (χ3v) is 3.56. The lowest BCUT2D eigenvalue weighted by Crippen LogP contribution is -2.21. The molecule has 1 aliphatic rings. The molecule has 1 amide bonds. The fraction of sp³-hybridized carbons (Fsp3) is 0.385. The normalized spacial score (nSPS) is 15.5. The Morgan fingerprint density at radius 2 is 1.88 bits per heavy atom. The predicted octanol–water partition coefficient (Wildman–Crippen LogP) is 3.50. The molecule has 0 spiro atoms. The number of carbonyl (C=O) groups is 1. The van der Waals surface area contributed by atoms with Crippen molar-refractivity contribution in [2.75, 3.05) is 0 Å². The molecule has 0 heterocycles. The van der Waals surface area contributed by atoms with Gasteiger partial charge in [-0.1, -0.05) is 18.6 Å². The molecule has 0 aromatic heterocycles. The van der Waals surface area contributed by atoms with Crippen LogP contribution in [0.1, 0.15) is 42.5 Å². The van der Waals surface area contributed by atoms with Crippen molar-refractivity contribution >= 4 is 27.5 Å². The van der Waals surface area contributed by atoms with Crippen LogP contribution < -0.4 is 5.43 Å². The van der Waals surface area contributed by atoms with Crippen LogP contribution in [-0.2, 0) is 0 Å². The number of halogens is 1. The minimum absolute atomic E-state index is 0.157. The third kappa shape index (κ3) is 3.40. The molecule has 90 valence electrons. The van der Waals surface area contributed by atoms with Crippen LogP contribution >= 0.6 is 15.9 Å². The molecule has 1 fully saturated rings. The molecule has 0 bridgehead atoms. The van der Waals surface area contributed by atoms with Crippen LogP contribution in [0.4, 0.5) is 0 Å². The Bertz CT molecular complexity index is 435. The number of rotatable bonds is 2. The van der Waals surface area contributed by atoms with Crippen molar-refractivity contribution in [2.45, 2.75) is 32.1 Å². The molecule has 2 rings (SSSR count). The minimum Gasteiger partial charge on any atom is -0.267 e. The van der Waals surface area contributed by atoms with E-state index in [4.69, 9.17) is 0 Å². The van der Waals surface area contributed by atoms with E-state index >= 15 is 0 Å². The molecule has 0 aliphatic heterocycles. The van der Waals surface area contributed by atoms with Gasteiger partial charge in [-0.25, -0.2) is 5.43 Å². The zero-order valence-corrected chi connectivity index (χ0v) is 11.2. The standard InChI is InChI=1S/C13H15BrN2O/c14-12-9-5-4-8-11(12)13(17)16-15-10-6-2-1-3-7-10/h4-5,8-9H,1-3,6-7H2,(H,16,17). The van der Waals surface area contributed by atoms with Crippen LogP contribution in [0.15, 0.2) is 33.8 Å². The predicted molar refractivity (Wildman–Crippen MR) is 72.1 cm³/mol. The molecular formula is C13H15BrN2O. The number of carbonyl (C=O) groups excluding carboxylic acids is 1. The summed E-state index contributed by atoms with van der Waals surface area (Å²) in [4.78, 5) is 11.9. The minimum atomic E-state index is -0.157. The van der Waals surface area contributed by atoms with E-state index in [2.05, 4.69) is 26.5 Å². The number of hydrogen-bond donors (Lipinski definition) is 1. The second kappa shape index (κ2) is 5.96. The number of benzene rings is 1. The van der Waals surface area contributed by atoms with Gasteiger partial charge in [0, 0.05) is 10.2 Å². The van der Waals surface area contributed by atoms with Crippen molar-refractivity contribution in [1.82, 2.24) is 5.43 Å². The monoisotopic (exact) mass is 294 g/mol. The first-order chi connectivity index (χ1) is 8.27. The lowest BCUT2D eigenvalue weighted by molar-refractivity contribution is 0.0954. The average molecular weight is 295 g/mol. The van der Waals surface area contributed by atoms with Crippen LogP contribution in [0.3, 0.4) is 0 Å². The number of nitrogens with one attached hydrogen (secondary N) is 1. The lowest BCUT2D eigenvalue weighted by atomic mass is 9.99. The molecule has 3 nitrogen and oxygen atoms in total. The maximum Gasteiger partial charge on any atom is 0.272 e. The van der Waals surface area contributed by atoms with Gasteiger partial charge in [-0.05, 0) is 53.7 Å². The molecule has 17 heavy (non-hydrogen) atoms. The van der Waals surface area contributed by atoms with E-state index in [0.29, 0.717) is 5.56 Å². The van der Waals surface area contributed by atoms with Crippen molar-refractivity contribution in [3.8, 4) is 0 Å². The second-order valence-corrected chi connectivity index (χ2v) is 5.01. The second-order valence-electron chi connectivity index (χ2n) is 4.16. The van der Waals surface area contributed by atoms with Crippen molar-refractivity contribution in [1.29, 1.82) is 0 Å². The number of nitrogens with zero attached hydrogens (tertiary/aromatic N) is 1. The van der Waals surface area contributed by atoms with Crippen LogP contribution in [0.5, 0.6) is 0 Å². The van der Waals surface area contributed by atoms with E-state index in [1.54, 1.807) is 6.07 Å². The van der Waals surface area contributed by atoms with Crippen LogP contribution in [0, 0.1) is 0 Å². The van der Waals surface area contributed by atoms with Gasteiger partial charge < -0.3 is 0 Å². The summed E-state index contributed by atoms with van der Waals surface area (Å²) in [5, 5.41) is 4.20. The van der Waals surface area contributed by atoms with E-state index in [-0.39, 0.29) is 5.91 Å². The highest BCUT2D eigenvalue weighted by molar-refractivity contribution is 9.10. The van der Waals surface area contributed by atoms with E-state index < -0.39 is 0 Å². The maximum absolute atomic E-state index is 11.9. The number of hydrazone groups is 1. The summed E-state index contributed by atoms with van der Waals surface area (Å²) < 4.78 is 0.793. The third-order valence-electron chi connectivity index (χ3n) is 2.86. The Morgan fingerprint density at radius 1 is 1.18 bits per heavy atom. The van der Waals surface area contributed by atoms with Crippen LogP contribution in [0.25, 0.3) is 0 Å². The van der Waals surface area contributed by atoms with Gasteiger partial charge in [0.25, 0.3) is 5.91 Å². The summed E-state index contributed by atoms with van der Waals surface area (Å²) in [6.07, 6.45) is 5.66. The summed E-state index contributed by atoms with van der Waals surface area (Å²) in [6.45, 7) is 0. The van der Waals surface area contributed by atoms with Crippen molar-refractivity contribution < 1.29 is 4.79 Å². The van der Waals surface area contributed by atoms with Gasteiger partial charge in [0.1, 0.15) is 0 Å². The molecule has 0 saturated heterocycles. The zero-order chi connectivity index (χ0) is 12.1. The fourth-order valence-corrected chi connectivity index (χ4v) is 2.37. The SMILES string of the molecule is O=C(NN=C1CCCCC1)c1ccccc1Br. The number of hydrogen-bond acceptors (Lipinski definition) is 2.